The van der Waals surface area contributed by atoms with E-state index in [1.807, 2.05) is 0 Å². The molecule has 0 atom stereocenters. The average molecular weight is 339 g/mol. The number of benzene rings is 2. The van der Waals surface area contributed by atoms with Crippen molar-refractivity contribution in [1.29, 1.82) is 0 Å². The average Bonchev–Trinajstić information content (AvgIpc) is 2.47. The van der Waals surface area contributed by atoms with E-state index < -0.39 is 26.3 Å². The highest BCUT2D eigenvalue weighted by Gasteiger charge is 2.22. The Kier molecular flexibility index (Phi) is 4.74. The molecule has 0 aromatic heterocycles. The van der Waals surface area contributed by atoms with Gasteiger partial charge in [-0.05, 0) is 42.1 Å². The molecule has 0 aliphatic carbocycles. The summed E-state index contributed by atoms with van der Waals surface area (Å²) in [6, 6.07) is 9.18. The maximum absolute atomic E-state index is 12.1. The van der Waals surface area contributed by atoms with E-state index in [-0.39, 0.29) is 4.90 Å². The van der Waals surface area contributed by atoms with Gasteiger partial charge >= 0.3 is 0 Å². The molecule has 0 fully saturated rings. The summed E-state index contributed by atoms with van der Waals surface area (Å²) in [5.74, 6) is 0. The molecular formula is C13H7ClN2O5S. The third-order valence-corrected chi connectivity index (χ3v) is 3.87. The van der Waals surface area contributed by atoms with Crippen LogP contribution >= 0.6 is 23.4 Å². The summed E-state index contributed by atoms with van der Waals surface area (Å²) in [5.41, 5.74) is -0.571. The lowest BCUT2D eigenvalue weighted by Crippen LogP contribution is -1.97. The lowest BCUT2D eigenvalue weighted by atomic mass is 10.2. The molecule has 0 aliphatic rings. The molecule has 22 heavy (non-hydrogen) atoms. The molecule has 7 nitrogen and oxygen atoms in total. The number of thioether (sulfide) groups is 1. The number of carbonyl (C=O) groups is 1. The minimum absolute atomic E-state index is 0.0375. The highest BCUT2D eigenvalue weighted by Crippen LogP contribution is 2.34. The maximum atomic E-state index is 12.1. The van der Waals surface area contributed by atoms with Gasteiger partial charge in [0.1, 0.15) is 0 Å². The van der Waals surface area contributed by atoms with Gasteiger partial charge < -0.3 is 0 Å². The van der Waals surface area contributed by atoms with E-state index in [9.17, 15) is 25.0 Å². The molecule has 112 valence electrons. The van der Waals surface area contributed by atoms with Crippen molar-refractivity contribution in [3.8, 4) is 0 Å². The molecule has 9 heteroatoms. The Morgan fingerprint density at radius 1 is 1.00 bits per heavy atom. The molecule has 2 aromatic rings. The predicted octanol–water partition coefficient (Wildman–Crippen LogP) is 4.09. The van der Waals surface area contributed by atoms with Gasteiger partial charge in [0, 0.05) is 16.7 Å². The van der Waals surface area contributed by atoms with E-state index in [2.05, 4.69) is 0 Å². The molecule has 0 amide bonds. The summed E-state index contributed by atoms with van der Waals surface area (Å²) >= 11 is 6.35. The van der Waals surface area contributed by atoms with Gasteiger partial charge in [0.2, 0.25) is 5.12 Å². The van der Waals surface area contributed by atoms with Crippen molar-refractivity contribution in [1.82, 2.24) is 0 Å². The van der Waals surface area contributed by atoms with Gasteiger partial charge in [-0.3, -0.25) is 25.0 Å². The number of rotatable bonds is 4. The van der Waals surface area contributed by atoms with E-state index in [1.54, 1.807) is 0 Å². The fraction of sp³-hybridized carbons (Fsp3) is 0. The Hall–Kier alpha value is -2.45. The zero-order chi connectivity index (χ0) is 16.3. The van der Waals surface area contributed by atoms with Crippen LogP contribution in [0.2, 0.25) is 5.02 Å². The molecule has 0 radical (unpaired) electrons. The molecule has 0 heterocycles. The molecule has 0 saturated heterocycles. The second-order valence-corrected chi connectivity index (χ2v) is 5.51. The maximum Gasteiger partial charge on any atom is 0.290 e. The molecule has 0 bridgehead atoms. The van der Waals surface area contributed by atoms with Gasteiger partial charge in [-0.15, -0.1) is 0 Å². The zero-order valence-corrected chi connectivity index (χ0v) is 12.3. The fourth-order valence-electron chi connectivity index (χ4n) is 1.59. The Labute approximate surface area is 133 Å². The van der Waals surface area contributed by atoms with Gasteiger partial charge in [0.15, 0.2) is 0 Å². The zero-order valence-electron chi connectivity index (χ0n) is 10.8. The number of non-ortho nitro benzene ring substituents is 1. The molecule has 0 unspecified atom stereocenters. The summed E-state index contributed by atoms with van der Waals surface area (Å²) in [6.07, 6.45) is 0. The Bertz CT molecular complexity index is 764. The first-order chi connectivity index (χ1) is 10.4. The van der Waals surface area contributed by atoms with Gasteiger partial charge in [0.25, 0.3) is 11.4 Å². The Morgan fingerprint density at radius 3 is 2.18 bits per heavy atom. The summed E-state index contributed by atoms with van der Waals surface area (Å²) in [7, 11) is 0. The SMILES string of the molecule is O=C(Sc1ccc([N+](=O)[O-])cc1[N+](=O)[O-])c1ccc(Cl)cc1. The standard InChI is InChI=1S/C13H7ClN2O5S/c14-9-3-1-8(2-4-9)13(17)22-12-6-5-10(15(18)19)7-11(12)16(20)21/h1-7H. The first-order valence-corrected chi connectivity index (χ1v) is 6.98. The van der Waals surface area contributed by atoms with Crippen molar-refractivity contribution in [3.63, 3.8) is 0 Å². The van der Waals surface area contributed by atoms with Crippen molar-refractivity contribution in [2.45, 2.75) is 4.90 Å². The molecule has 2 aromatic carbocycles. The van der Waals surface area contributed by atoms with Crippen molar-refractivity contribution in [2.75, 3.05) is 0 Å². The van der Waals surface area contributed by atoms with Crippen LogP contribution in [-0.2, 0) is 0 Å². The van der Waals surface area contributed by atoms with Crippen LogP contribution in [0.5, 0.6) is 0 Å². The van der Waals surface area contributed by atoms with Crippen LogP contribution in [0.3, 0.4) is 0 Å². The van der Waals surface area contributed by atoms with Gasteiger partial charge in [0.05, 0.1) is 20.8 Å². The number of carbonyl (C=O) groups excluding carboxylic acids is 1. The van der Waals surface area contributed by atoms with Crippen LogP contribution in [0.1, 0.15) is 10.4 Å². The van der Waals surface area contributed by atoms with Gasteiger partial charge in [-0.25, -0.2) is 0 Å². The van der Waals surface area contributed by atoms with E-state index in [1.165, 1.54) is 30.3 Å². The molecular weight excluding hydrogens is 332 g/mol. The lowest BCUT2D eigenvalue weighted by molar-refractivity contribution is -0.396. The third-order valence-electron chi connectivity index (χ3n) is 2.63. The number of hydrogen-bond donors (Lipinski definition) is 0. The minimum atomic E-state index is -0.759. The van der Waals surface area contributed by atoms with E-state index in [0.29, 0.717) is 22.3 Å². The first-order valence-electron chi connectivity index (χ1n) is 5.79. The normalized spacial score (nSPS) is 10.2. The highest BCUT2D eigenvalue weighted by atomic mass is 35.5. The summed E-state index contributed by atoms with van der Waals surface area (Å²) < 4.78 is 0. The van der Waals surface area contributed by atoms with Crippen LogP contribution in [0.25, 0.3) is 0 Å². The largest absolute Gasteiger partial charge is 0.290 e. The van der Waals surface area contributed by atoms with Gasteiger partial charge in [-0.1, -0.05) is 11.6 Å². The van der Waals surface area contributed by atoms with Crippen molar-refractivity contribution < 1.29 is 14.6 Å². The van der Waals surface area contributed by atoms with Crippen LogP contribution in [0.15, 0.2) is 47.4 Å². The Morgan fingerprint density at radius 2 is 1.64 bits per heavy atom. The number of hydrogen-bond acceptors (Lipinski definition) is 6. The number of halogens is 1. The molecule has 0 N–H and O–H groups in total. The second-order valence-electron chi connectivity index (χ2n) is 4.06. The predicted molar refractivity (Wildman–Crippen MR) is 81.4 cm³/mol. The third kappa shape index (κ3) is 3.60. The summed E-state index contributed by atoms with van der Waals surface area (Å²) in [4.78, 5) is 32.3. The second kappa shape index (κ2) is 6.54. The summed E-state index contributed by atoms with van der Waals surface area (Å²) in [6.45, 7) is 0. The smallest absolute Gasteiger partial charge is 0.281 e. The Balaban J connectivity index is 2.32. The van der Waals surface area contributed by atoms with Crippen molar-refractivity contribution >= 4 is 39.9 Å². The number of nitro groups is 2. The summed E-state index contributed by atoms with van der Waals surface area (Å²) in [5, 5.41) is 21.7. The van der Waals surface area contributed by atoms with Crippen LogP contribution in [0.4, 0.5) is 11.4 Å². The highest BCUT2D eigenvalue weighted by molar-refractivity contribution is 8.14. The number of nitro benzene ring substituents is 2. The van der Waals surface area contributed by atoms with Crippen molar-refractivity contribution in [2.24, 2.45) is 0 Å². The van der Waals surface area contributed by atoms with Crippen molar-refractivity contribution in [3.05, 3.63) is 73.3 Å². The monoisotopic (exact) mass is 338 g/mol. The molecule has 0 spiro atoms. The molecule has 2 rings (SSSR count). The first kappa shape index (κ1) is 15.9. The lowest BCUT2D eigenvalue weighted by Gasteiger charge is -2.03. The molecule has 0 aliphatic heterocycles. The van der Waals surface area contributed by atoms with E-state index in [4.69, 9.17) is 11.6 Å². The fourth-order valence-corrected chi connectivity index (χ4v) is 2.55. The van der Waals surface area contributed by atoms with Crippen LogP contribution < -0.4 is 0 Å². The van der Waals surface area contributed by atoms with Gasteiger partial charge in [-0.2, -0.15) is 0 Å². The topological polar surface area (TPSA) is 103 Å². The van der Waals surface area contributed by atoms with Crippen LogP contribution in [-0.4, -0.2) is 15.0 Å². The molecule has 0 saturated carbocycles. The quantitative estimate of drug-likeness (QED) is 0.472. The van der Waals surface area contributed by atoms with Crippen LogP contribution in [0, 0.1) is 20.2 Å². The number of nitrogens with zero attached hydrogens (tertiary/aromatic N) is 2. The van der Waals surface area contributed by atoms with E-state index >= 15 is 0 Å². The minimum Gasteiger partial charge on any atom is -0.281 e. The van der Waals surface area contributed by atoms with E-state index in [0.717, 1.165) is 12.1 Å².